The number of nitrogens with zero attached hydrogens (tertiary/aromatic N) is 1. The van der Waals surface area contributed by atoms with E-state index in [9.17, 15) is 9.59 Å². The smallest absolute Gasteiger partial charge is 0.328 e. The number of esters is 1. The van der Waals surface area contributed by atoms with Crippen molar-refractivity contribution in [1.29, 1.82) is 0 Å². The molecule has 2 N–H and O–H groups in total. The van der Waals surface area contributed by atoms with Gasteiger partial charge < -0.3 is 19.8 Å². The zero-order valence-electron chi connectivity index (χ0n) is 13.5. The van der Waals surface area contributed by atoms with Gasteiger partial charge in [-0.15, -0.1) is 0 Å². The zero-order chi connectivity index (χ0) is 16.7. The minimum absolute atomic E-state index is 0.0638. The molecule has 2 heterocycles. The molecule has 0 saturated carbocycles. The molecule has 0 bridgehead atoms. The molecule has 2 atom stereocenters. The molecule has 1 aromatic rings. The van der Waals surface area contributed by atoms with Crippen LogP contribution in [0.2, 0.25) is 0 Å². The van der Waals surface area contributed by atoms with Crippen LogP contribution in [0.5, 0.6) is 0 Å². The predicted molar refractivity (Wildman–Crippen MR) is 87.4 cm³/mol. The van der Waals surface area contributed by atoms with Crippen LogP contribution in [0.15, 0.2) is 10.7 Å². The molecular weight excluding hydrogens is 318 g/mol. The first-order chi connectivity index (χ1) is 11.2. The molecule has 7 nitrogen and oxygen atoms in total. The third kappa shape index (κ3) is 4.97. The van der Waals surface area contributed by atoms with Gasteiger partial charge in [0.25, 0.3) is 5.91 Å². The Hall–Kier alpha value is -1.54. The lowest BCUT2D eigenvalue weighted by molar-refractivity contribution is -0.145. The molecule has 1 aliphatic heterocycles. The van der Waals surface area contributed by atoms with E-state index in [1.54, 1.807) is 18.7 Å². The molecule has 1 aliphatic rings. The summed E-state index contributed by atoms with van der Waals surface area (Å²) in [5, 5.41) is 5.95. The Morgan fingerprint density at radius 3 is 3.09 bits per heavy atom. The number of ether oxygens (including phenoxy) is 1. The summed E-state index contributed by atoms with van der Waals surface area (Å²) in [6, 6.07) is -0.603. The van der Waals surface area contributed by atoms with E-state index in [1.807, 2.05) is 6.26 Å². The van der Waals surface area contributed by atoms with Crippen LogP contribution in [0, 0.1) is 0 Å². The summed E-state index contributed by atoms with van der Waals surface area (Å²) in [7, 11) is 0. The molecule has 2 rings (SSSR count). The average molecular weight is 341 g/mol. The third-order valence-electron chi connectivity index (χ3n) is 3.60. The van der Waals surface area contributed by atoms with Gasteiger partial charge in [-0.1, -0.05) is 0 Å². The van der Waals surface area contributed by atoms with E-state index < -0.39 is 17.9 Å². The number of nitrogens with one attached hydrogen (secondary N) is 2. The second-order valence-corrected chi connectivity index (χ2v) is 6.27. The number of carbonyl (C=O) groups is 2. The van der Waals surface area contributed by atoms with Crippen molar-refractivity contribution in [3.05, 3.63) is 17.8 Å². The Bertz CT molecular complexity index is 529. The van der Waals surface area contributed by atoms with Crippen molar-refractivity contribution in [2.24, 2.45) is 0 Å². The van der Waals surface area contributed by atoms with Gasteiger partial charge in [0.15, 0.2) is 5.69 Å². The van der Waals surface area contributed by atoms with Crippen LogP contribution in [0.1, 0.15) is 48.6 Å². The van der Waals surface area contributed by atoms with Crippen molar-refractivity contribution in [2.45, 2.75) is 38.3 Å². The van der Waals surface area contributed by atoms with Crippen molar-refractivity contribution in [1.82, 2.24) is 15.6 Å². The largest absolute Gasteiger partial charge is 0.464 e. The SMILES string of the molecule is CCOC(=O)C(CCSC)NC(=O)c1coc(C2CCCN2)n1. The summed E-state index contributed by atoms with van der Waals surface area (Å²) in [5.74, 6) is 0.428. The molecule has 23 heavy (non-hydrogen) atoms. The highest BCUT2D eigenvalue weighted by Gasteiger charge is 2.26. The average Bonchev–Trinajstić information content (AvgIpc) is 3.21. The van der Waals surface area contributed by atoms with E-state index in [-0.39, 0.29) is 18.3 Å². The Morgan fingerprint density at radius 2 is 2.43 bits per heavy atom. The monoisotopic (exact) mass is 341 g/mol. The van der Waals surface area contributed by atoms with Gasteiger partial charge in [0.05, 0.1) is 12.6 Å². The van der Waals surface area contributed by atoms with Crippen LogP contribution in [0.3, 0.4) is 0 Å². The van der Waals surface area contributed by atoms with Gasteiger partial charge in [0.1, 0.15) is 12.3 Å². The van der Waals surface area contributed by atoms with E-state index in [4.69, 9.17) is 9.15 Å². The normalized spacial score (nSPS) is 18.6. The molecule has 0 spiro atoms. The van der Waals surface area contributed by atoms with Crippen LogP contribution >= 0.6 is 11.8 Å². The summed E-state index contributed by atoms with van der Waals surface area (Å²) in [6.07, 6.45) is 5.81. The van der Waals surface area contributed by atoms with E-state index in [0.29, 0.717) is 12.3 Å². The van der Waals surface area contributed by atoms with Crippen LogP contribution < -0.4 is 10.6 Å². The minimum atomic E-state index is -0.667. The van der Waals surface area contributed by atoms with Gasteiger partial charge in [-0.05, 0) is 44.7 Å². The summed E-state index contributed by atoms with van der Waals surface area (Å²) in [5.41, 5.74) is 0.187. The Morgan fingerprint density at radius 1 is 1.61 bits per heavy atom. The fraction of sp³-hybridized carbons (Fsp3) is 0.667. The summed E-state index contributed by atoms with van der Waals surface area (Å²) >= 11 is 1.61. The molecule has 1 fully saturated rings. The van der Waals surface area contributed by atoms with Crippen molar-refractivity contribution < 1.29 is 18.7 Å². The second-order valence-electron chi connectivity index (χ2n) is 5.28. The van der Waals surface area contributed by atoms with Gasteiger partial charge in [0.2, 0.25) is 5.89 Å². The third-order valence-corrected chi connectivity index (χ3v) is 4.24. The van der Waals surface area contributed by atoms with Gasteiger partial charge in [-0.2, -0.15) is 11.8 Å². The number of carbonyl (C=O) groups excluding carboxylic acids is 2. The highest BCUT2D eigenvalue weighted by atomic mass is 32.2. The fourth-order valence-electron chi connectivity index (χ4n) is 2.41. The van der Waals surface area contributed by atoms with Crippen molar-refractivity contribution >= 4 is 23.6 Å². The Labute approximate surface area is 139 Å². The van der Waals surface area contributed by atoms with Crippen molar-refractivity contribution in [3.8, 4) is 0 Å². The summed E-state index contributed by atoms with van der Waals surface area (Å²) in [6.45, 7) is 2.95. The standard InChI is InChI=1S/C15H23N3O4S/c1-3-21-15(20)11(6-8-23-2)17-13(19)12-9-22-14(18-12)10-5-4-7-16-10/h9-11,16H,3-8H2,1-2H3,(H,17,19). The number of hydrogen-bond donors (Lipinski definition) is 2. The second kappa shape index (κ2) is 8.93. The molecule has 128 valence electrons. The maximum atomic E-state index is 12.3. The van der Waals surface area contributed by atoms with Crippen LogP contribution in [-0.2, 0) is 9.53 Å². The maximum absolute atomic E-state index is 12.3. The summed E-state index contributed by atoms with van der Waals surface area (Å²) < 4.78 is 10.4. The van der Waals surface area contributed by atoms with Gasteiger partial charge >= 0.3 is 5.97 Å². The van der Waals surface area contributed by atoms with E-state index >= 15 is 0 Å². The van der Waals surface area contributed by atoms with E-state index in [2.05, 4.69) is 15.6 Å². The van der Waals surface area contributed by atoms with Crippen LogP contribution in [-0.4, -0.2) is 48.1 Å². The zero-order valence-corrected chi connectivity index (χ0v) is 14.3. The fourth-order valence-corrected chi connectivity index (χ4v) is 2.88. The lowest BCUT2D eigenvalue weighted by Crippen LogP contribution is -2.42. The number of hydrogen-bond acceptors (Lipinski definition) is 7. The maximum Gasteiger partial charge on any atom is 0.328 e. The first kappa shape index (κ1) is 17.8. The Kier molecular flexibility index (Phi) is 6.91. The number of aromatic nitrogens is 1. The molecule has 1 amide bonds. The number of thioether (sulfide) groups is 1. The highest BCUT2D eigenvalue weighted by Crippen LogP contribution is 2.22. The molecule has 0 aromatic carbocycles. The predicted octanol–water partition coefficient (Wildman–Crippen LogP) is 1.51. The van der Waals surface area contributed by atoms with Crippen LogP contribution in [0.25, 0.3) is 0 Å². The highest BCUT2D eigenvalue weighted by molar-refractivity contribution is 7.98. The quantitative estimate of drug-likeness (QED) is 0.692. The molecule has 2 unspecified atom stereocenters. The molecule has 1 aromatic heterocycles. The first-order valence-electron chi connectivity index (χ1n) is 7.81. The van der Waals surface area contributed by atoms with Crippen molar-refractivity contribution in [3.63, 3.8) is 0 Å². The van der Waals surface area contributed by atoms with Gasteiger partial charge in [-0.25, -0.2) is 9.78 Å². The first-order valence-corrected chi connectivity index (χ1v) is 9.20. The molecule has 1 saturated heterocycles. The van der Waals surface area contributed by atoms with E-state index in [0.717, 1.165) is 25.1 Å². The summed E-state index contributed by atoms with van der Waals surface area (Å²) in [4.78, 5) is 28.4. The van der Waals surface area contributed by atoms with E-state index in [1.165, 1.54) is 6.26 Å². The number of rotatable bonds is 8. The lowest BCUT2D eigenvalue weighted by Gasteiger charge is -2.16. The lowest BCUT2D eigenvalue weighted by atomic mass is 10.2. The molecular formula is C15H23N3O4S. The topological polar surface area (TPSA) is 93.5 Å². The van der Waals surface area contributed by atoms with Gasteiger partial charge in [-0.3, -0.25) is 4.79 Å². The minimum Gasteiger partial charge on any atom is -0.464 e. The number of oxazole rings is 1. The number of amides is 1. The molecule has 8 heteroatoms. The van der Waals surface area contributed by atoms with Crippen molar-refractivity contribution in [2.75, 3.05) is 25.2 Å². The molecule has 0 aliphatic carbocycles. The van der Waals surface area contributed by atoms with Crippen LogP contribution in [0.4, 0.5) is 0 Å². The van der Waals surface area contributed by atoms with Gasteiger partial charge in [0, 0.05) is 0 Å². The molecule has 0 radical (unpaired) electrons. The Balaban J connectivity index is 1.98.